The Hall–Kier alpha value is -3.15. The van der Waals surface area contributed by atoms with Gasteiger partial charge in [0.05, 0.1) is 6.61 Å². The summed E-state index contributed by atoms with van der Waals surface area (Å²) in [5.74, 6) is 0.441. The van der Waals surface area contributed by atoms with Crippen molar-refractivity contribution in [2.24, 2.45) is 0 Å². The number of ether oxygens (including phenoxy) is 1. The molecule has 2 amide bonds. The highest BCUT2D eigenvalue weighted by atomic mass is 16.5. The smallest absolute Gasteiger partial charge is 0.251 e. The van der Waals surface area contributed by atoms with Gasteiger partial charge in [0.2, 0.25) is 5.91 Å². The third kappa shape index (κ3) is 7.32. The lowest BCUT2D eigenvalue weighted by Gasteiger charge is -2.08. The summed E-state index contributed by atoms with van der Waals surface area (Å²) in [5.41, 5.74) is 1.23. The Morgan fingerprint density at radius 1 is 0.852 bits per heavy atom. The molecule has 142 valence electrons. The predicted molar refractivity (Wildman–Crippen MR) is 103 cm³/mol. The Labute approximate surface area is 158 Å². The highest BCUT2D eigenvalue weighted by molar-refractivity contribution is 5.94. The summed E-state index contributed by atoms with van der Waals surface area (Å²) in [7, 11) is 0. The molecule has 0 saturated carbocycles. The molecule has 0 aliphatic rings. The van der Waals surface area contributed by atoms with Crippen LogP contribution < -0.4 is 15.4 Å². The van der Waals surface area contributed by atoms with Crippen LogP contribution >= 0.6 is 0 Å². The van der Waals surface area contributed by atoms with E-state index in [2.05, 4.69) is 10.6 Å². The summed E-state index contributed by atoms with van der Waals surface area (Å²) in [6.45, 7) is 2.68. The molecule has 0 aliphatic heterocycles. The first-order chi connectivity index (χ1) is 13.1. The number of benzene rings is 2. The van der Waals surface area contributed by atoms with Gasteiger partial charge in [-0.1, -0.05) is 18.2 Å². The van der Waals surface area contributed by atoms with Crippen LogP contribution in [-0.4, -0.2) is 37.3 Å². The van der Waals surface area contributed by atoms with E-state index in [-0.39, 0.29) is 17.6 Å². The zero-order valence-electron chi connectivity index (χ0n) is 15.4. The normalized spacial score (nSPS) is 10.1. The van der Waals surface area contributed by atoms with Crippen molar-refractivity contribution in [1.82, 2.24) is 10.6 Å². The molecule has 6 heteroatoms. The molecule has 27 heavy (non-hydrogen) atoms. The Morgan fingerprint density at radius 2 is 1.52 bits per heavy atom. The molecule has 2 N–H and O–H groups in total. The Balaban J connectivity index is 1.54. The Bertz CT molecular complexity index is 758. The standard InChI is InChI=1S/C21H24N2O4/c1-16(24)17-9-11-19(12-10-17)27-15-5-8-20(25)22-13-14-23-21(26)18-6-3-2-4-7-18/h2-4,6-7,9-12H,5,8,13-15H2,1H3,(H,22,25)(H,23,26). The molecule has 2 rings (SSSR count). The lowest BCUT2D eigenvalue weighted by Crippen LogP contribution is -2.34. The molecule has 0 radical (unpaired) electrons. The second-order valence-electron chi connectivity index (χ2n) is 6.00. The van der Waals surface area contributed by atoms with Crippen molar-refractivity contribution in [2.75, 3.05) is 19.7 Å². The maximum absolute atomic E-state index is 11.8. The fourth-order valence-electron chi connectivity index (χ4n) is 2.37. The van der Waals surface area contributed by atoms with E-state index in [9.17, 15) is 14.4 Å². The van der Waals surface area contributed by atoms with Crippen LogP contribution in [0.15, 0.2) is 54.6 Å². The maximum atomic E-state index is 11.8. The number of carbonyl (C=O) groups is 3. The van der Waals surface area contributed by atoms with Crippen molar-refractivity contribution >= 4 is 17.6 Å². The Kier molecular flexibility index (Phi) is 8.03. The fourth-order valence-corrected chi connectivity index (χ4v) is 2.37. The van der Waals surface area contributed by atoms with E-state index in [4.69, 9.17) is 4.74 Å². The molecular weight excluding hydrogens is 344 g/mol. The SMILES string of the molecule is CC(=O)c1ccc(OCCCC(=O)NCCNC(=O)c2ccccc2)cc1. The minimum absolute atomic E-state index is 0.0122. The minimum Gasteiger partial charge on any atom is -0.494 e. The Morgan fingerprint density at radius 3 is 2.19 bits per heavy atom. The largest absolute Gasteiger partial charge is 0.494 e. The zero-order chi connectivity index (χ0) is 19.5. The summed E-state index contributed by atoms with van der Waals surface area (Å²) in [5, 5.41) is 5.51. The molecule has 0 saturated heterocycles. The van der Waals surface area contributed by atoms with Crippen molar-refractivity contribution in [3.8, 4) is 5.75 Å². The van der Waals surface area contributed by atoms with Crippen molar-refractivity contribution in [3.05, 3.63) is 65.7 Å². The summed E-state index contributed by atoms with van der Waals surface area (Å²) in [6, 6.07) is 15.8. The first-order valence-electron chi connectivity index (χ1n) is 8.90. The van der Waals surface area contributed by atoms with Gasteiger partial charge in [0.25, 0.3) is 5.91 Å². The first-order valence-corrected chi connectivity index (χ1v) is 8.90. The predicted octanol–water partition coefficient (Wildman–Crippen LogP) is 2.59. The number of carbonyl (C=O) groups excluding carboxylic acids is 3. The van der Waals surface area contributed by atoms with Gasteiger partial charge in [-0.25, -0.2) is 0 Å². The van der Waals surface area contributed by atoms with Crippen molar-refractivity contribution in [1.29, 1.82) is 0 Å². The lowest BCUT2D eigenvalue weighted by atomic mass is 10.1. The van der Waals surface area contributed by atoms with Crippen molar-refractivity contribution in [3.63, 3.8) is 0 Å². The number of rotatable bonds is 10. The molecule has 6 nitrogen and oxygen atoms in total. The van der Waals surface area contributed by atoms with Gasteiger partial charge in [-0.2, -0.15) is 0 Å². The molecule has 0 unspecified atom stereocenters. The number of ketones is 1. The van der Waals surface area contributed by atoms with E-state index in [1.54, 1.807) is 48.5 Å². The number of nitrogens with one attached hydrogen (secondary N) is 2. The van der Waals surface area contributed by atoms with Crippen LogP contribution in [0.5, 0.6) is 5.75 Å². The first kappa shape index (κ1) is 20.2. The summed E-state index contributed by atoms with van der Waals surface area (Å²) >= 11 is 0. The van der Waals surface area contributed by atoms with Gasteiger partial charge in [0.1, 0.15) is 5.75 Å². The van der Waals surface area contributed by atoms with Gasteiger partial charge in [0, 0.05) is 30.6 Å². The summed E-state index contributed by atoms with van der Waals surface area (Å²) < 4.78 is 5.55. The van der Waals surface area contributed by atoms with E-state index in [0.29, 0.717) is 49.4 Å². The van der Waals surface area contributed by atoms with Crippen LogP contribution in [0, 0.1) is 0 Å². The monoisotopic (exact) mass is 368 g/mol. The summed E-state index contributed by atoms with van der Waals surface area (Å²) in [6.07, 6.45) is 0.925. The average Bonchev–Trinajstić information content (AvgIpc) is 2.69. The zero-order valence-corrected chi connectivity index (χ0v) is 15.4. The van der Waals surface area contributed by atoms with E-state index >= 15 is 0 Å². The molecule has 2 aromatic rings. The van der Waals surface area contributed by atoms with Gasteiger partial charge < -0.3 is 15.4 Å². The van der Waals surface area contributed by atoms with E-state index in [1.807, 2.05) is 6.07 Å². The highest BCUT2D eigenvalue weighted by Gasteiger charge is 2.05. The molecule has 2 aromatic carbocycles. The molecule has 0 heterocycles. The second kappa shape index (κ2) is 10.8. The van der Waals surface area contributed by atoms with Gasteiger partial charge in [-0.3, -0.25) is 14.4 Å². The van der Waals surface area contributed by atoms with E-state index in [0.717, 1.165) is 0 Å². The number of hydrogen-bond acceptors (Lipinski definition) is 4. The van der Waals surface area contributed by atoms with E-state index < -0.39 is 0 Å². The highest BCUT2D eigenvalue weighted by Crippen LogP contribution is 2.13. The van der Waals surface area contributed by atoms with Gasteiger partial charge >= 0.3 is 0 Å². The van der Waals surface area contributed by atoms with Crippen LogP contribution in [0.4, 0.5) is 0 Å². The lowest BCUT2D eigenvalue weighted by molar-refractivity contribution is -0.121. The summed E-state index contributed by atoms with van der Waals surface area (Å²) in [4.78, 5) is 34.8. The molecule has 0 spiro atoms. The van der Waals surface area contributed by atoms with Crippen LogP contribution in [-0.2, 0) is 4.79 Å². The molecular formula is C21H24N2O4. The van der Waals surface area contributed by atoms with Crippen LogP contribution in [0.2, 0.25) is 0 Å². The van der Waals surface area contributed by atoms with E-state index in [1.165, 1.54) is 6.92 Å². The fraction of sp³-hybridized carbons (Fsp3) is 0.286. The van der Waals surface area contributed by atoms with Gasteiger partial charge in [-0.15, -0.1) is 0 Å². The maximum Gasteiger partial charge on any atom is 0.251 e. The molecule has 0 bridgehead atoms. The topological polar surface area (TPSA) is 84.5 Å². The molecule has 0 aliphatic carbocycles. The van der Waals surface area contributed by atoms with Crippen LogP contribution in [0.1, 0.15) is 40.5 Å². The van der Waals surface area contributed by atoms with Crippen molar-refractivity contribution < 1.29 is 19.1 Å². The van der Waals surface area contributed by atoms with Crippen LogP contribution in [0.3, 0.4) is 0 Å². The third-order valence-electron chi connectivity index (χ3n) is 3.85. The van der Waals surface area contributed by atoms with Gasteiger partial charge in [-0.05, 0) is 49.7 Å². The average molecular weight is 368 g/mol. The van der Waals surface area contributed by atoms with Crippen molar-refractivity contribution in [2.45, 2.75) is 19.8 Å². The van der Waals surface area contributed by atoms with Gasteiger partial charge in [0.15, 0.2) is 5.78 Å². The third-order valence-corrected chi connectivity index (χ3v) is 3.85. The number of hydrogen-bond donors (Lipinski definition) is 2. The molecule has 0 aromatic heterocycles. The van der Waals surface area contributed by atoms with Crippen LogP contribution in [0.25, 0.3) is 0 Å². The number of amides is 2. The molecule has 0 atom stereocenters. The minimum atomic E-state index is -0.158. The quantitative estimate of drug-likeness (QED) is 0.499. The second-order valence-corrected chi connectivity index (χ2v) is 6.00. The molecule has 0 fully saturated rings. The number of Topliss-reactive ketones (excluding diaryl/α,β-unsaturated/α-hetero) is 1.